The van der Waals surface area contributed by atoms with E-state index < -0.39 is 0 Å². The Kier molecular flexibility index (Phi) is 4.16. The first-order chi connectivity index (χ1) is 10.3. The number of benzene rings is 4. The van der Waals surface area contributed by atoms with Crippen LogP contribution in [0.3, 0.4) is 0 Å². The van der Waals surface area contributed by atoms with Gasteiger partial charge in [-0.1, -0.05) is 36.4 Å². The van der Waals surface area contributed by atoms with Gasteiger partial charge in [-0.2, -0.15) is 5.56 Å². The van der Waals surface area contributed by atoms with Crippen LogP contribution in [0.25, 0.3) is 44.5 Å². The first-order valence-electron chi connectivity index (χ1n) is 7.20. The molecule has 0 N–H and O–H groups in total. The molecule has 0 atom stereocenters. The van der Waals surface area contributed by atoms with Crippen LogP contribution in [-0.4, -0.2) is 0 Å². The first-order valence-corrected chi connectivity index (χ1v) is 7.20. The third-order valence-electron chi connectivity index (χ3n) is 4.13. The average Bonchev–Trinajstić information content (AvgIpc) is 2.52. The fraction of sp³-hybridized carbons (Fsp3) is 0.0476. The van der Waals surface area contributed by atoms with E-state index in [1.54, 1.807) is 6.08 Å². The van der Waals surface area contributed by atoms with Gasteiger partial charge in [0.15, 0.2) is 0 Å². The first kappa shape index (κ1) is 15.4. The van der Waals surface area contributed by atoms with Crippen LogP contribution in [0, 0.1) is 6.58 Å². The van der Waals surface area contributed by atoms with Crippen molar-refractivity contribution in [1.82, 2.24) is 0 Å². The largest absolute Gasteiger partial charge is 0.292 e. The second-order valence-electron chi connectivity index (χ2n) is 5.48. The molecule has 0 unspecified atom stereocenters. The fourth-order valence-corrected chi connectivity index (χ4v) is 3.27. The molecule has 0 saturated carbocycles. The molecule has 0 aliphatic carbocycles. The molecule has 4 aromatic carbocycles. The van der Waals surface area contributed by atoms with Gasteiger partial charge in [-0.25, -0.2) is 6.08 Å². The molecule has 22 heavy (non-hydrogen) atoms. The SMILES string of the molecule is [CH-]=Cc1cc2ccc3cc(/C=C/C)cc4ccc(c1)c2c34.[Y]. The Labute approximate surface area is 155 Å². The quantitative estimate of drug-likeness (QED) is 0.302. The summed E-state index contributed by atoms with van der Waals surface area (Å²) in [5, 5.41) is 7.78. The molecule has 0 aliphatic rings. The van der Waals surface area contributed by atoms with Gasteiger partial charge in [-0.15, -0.1) is 12.1 Å². The molecular weight excluding hydrogens is 341 g/mol. The van der Waals surface area contributed by atoms with E-state index in [0.717, 1.165) is 5.56 Å². The van der Waals surface area contributed by atoms with Crippen molar-refractivity contribution in [3.05, 3.63) is 72.3 Å². The van der Waals surface area contributed by atoms with Crippen molar-refractivity contribution < 1.29 is 32.7 Å². The molecular formula is C21H15Y-. The third kappa shape index (κ3) is 2.31. The second kappa shape index (κ2) is 5.95. The molecule has 0 amide bonds. The second-order valence-corrected chi connectivity index (χ2v) is 5.48. The summed E-state index contributed by atoms with van der Waals surface area (Å²) in [5.41, 5.74) is 2.31. The van der Waals surface area contributed by atoms with Crippen LogP contribution >= 0.6 is 0 Å². The van der Waals surface area contributed by atoms with Crippen molar-refractivity contribution in [2.24, 2.45) is 0 Å². The Bertz CT molecular complexity index is 942. The van der Waals surface area contributed by atoms with E-state index >= 15 is 0 Å². The van der Waals surface area contributed by atoms with Gasteiger partial charge in [0.05, 0.1) is 0 Å². The molecule has 4 rings (SSSR count). The molecule has 0 aliphatic heterocycles. The van der Waals surface area contributed by atoms with Crippen LogP contribution in [-0.2, 0) is 32.7 Å². The topological polar surface area (TPSA) is 0 Å². The summed E-state index contributed by atoms with van der Waals surface area (Å²) < 4.78 is 0. The zero-order chi connectivity index (χ0) is 14.4. The molecule has 0 aromatic heterocycles. The summed E-state index contributed by atoms with van der Waals surface area (Å²) in [6, 6.07) is 17.6. The van der Waals surface area contributed by atoms with Crippen LogP contribution in [0.4, 0.5) is 0 Å². The van der Waals surface area contributed by atoms with E-state index in [-0.39, 0.29) is 32.7 Å². The molecule has 0 spiro atoms. The van der Waals surface area contributed by atoms with Gasteiger partial charge in [-0.3, -0.25) is 6.58 Å². The van der Waals surface area contributed by atoms with Crippen molar-refractivity contribution in [3.8, 4) is 0 Å². The van der Waals surface area contributed by atoms with Crippen LogP contribution in [0.1, 0.15) is 18.1 Å². The van der Waals surface area contributed by atoms with Gasteiger partial charge >= 0.3 is 0 Å². The number of hydrogen-bond acceptors (Lipinski definition) is 0. The van der Waals surface area contributed by atoms with Crippen molar-refractivity contribution >= 4 is 44.5 Å². The molecule has 0 heterocycles. The van der Waals surface area contributed by atoms with Gasteiger partial charge < -0.3 is 0 Å². The summed E-state index contributed by atoms with van der Waals surface area (Å²) in [5.74, 6) is 0. The molecule has 1 heteroatoms. The number of hydrogen-bond donors (Lipinski definition) is 0. The van der Waals surface area contributed by atoms with Crippen molar-refractivity contribution in [2.75, 3.05) is 0 Å². The minimum absolute atomic E-state index is 0. The predicted molar refractivity (Wildman–Crippen MR) is 93.6 cm³/mol. The van der Waals surface area contributed by atoms with Crippen molar-refractivity contribution in [2.45, 2.75) is 6.92 Å². The monoisotopic (exact) mass is 356 g/mol. The minimum atomic E-state index is 0. The van der Waals surface area contributed by atoms with Crippen molar-refractivity contribution in [3.63, 3.8) is 0 Å². The van der Waals surface area contributed by atoms with Gasteiger partial charge in [0.1, 0.15) is 0 Å². The number of rotatable bonds is 2. The maximum absolute atomic E-state index is 5.69. The van der Waals surface area contributed by atoms with E-state index in [0.29, 0.717) is 0 Å². The Morgan fingerprint density at radius 1 is 0.727 bits per heavy atom. The molecule has 103 valence electrons. The summed E-state index contributed by atoms with van der Waals surface area (Å²) in [4.78, 5) is 0. The van der Waals surface area contributed by atoms with Gasteiger partial charge in [0.25, 0.3) is 0 Å². The average molecular weight is 356 g/mol. The molecule has 4 aromatic rings. The third-order valence-corrected chi connectivity index (χ3v) is 4.13. The zero-order valence-electron chi connectivity index (χ0n) is 12.5. The van der Waals surface area contributed by atoms with E-state index in [1.807, 2.05) is 0 Å². The fourth-order valence-electron chi connectivity index (χ4n) is 3.27. The standard InChI is InChI=1S/C21H15.Y/c1-3-5-15-12-18-8-6-16-10-14(4-2)11-17-7-9-19(13-15)21(18)20(16)17;/h2-13H,1H3;/q-1;/b5-3+;. The van der Waals surface area contributed by atoms with Crippen molar-refractivity contribution in [1.29, 1.82) is 0 Å². The van der Waals surface area contributed by atoms with Gasteiger partial charge in [-0.05, 0) is 56.9 Å². The zero-order valence-corrected chi connectivity index (χ0v) is 15.3. The molecule has 1 radical (unpaired) electrons. The molecule has 0 nitrogen and oxygen atoms in total. The summed E-state index contributed by atoms with van der Waals surface area (Å²) in [6.07, 6.45) is 5.89. The minimum Gasteiger partial charge on any atom is -0.292 e. The maximum atomic E-state index is 5.69. The number of allylic oxidation sites excluding steroid dienone is 1. The molecule has 0 bridgehead atoms. The summed E-state index contributed by atoms with van der Waals surface area (Å²) in [6.45, 7) is 7.74. The van der Waals surface area contributed by atoms with Gasteiger partial charge in [0.2, 0.25) is 0 Å². The van der Waals surface area contributed by atoms with Crippen LogP contribution in [0.15, 0.2) is 54.6 Å². The molecule has 0 saturated heterocycles. The van der Waals surface area contributed by atoms with Crippen LogP contribution < -0.4 is 0 Å². The van der Waals surface area contributed by atoms with Crippen LogP contribution in [0.5, 0.6) is 0 Å². The van der Waals surface area contributed by atoms with Crippen LogP contribution in [0.2, 0.25) is 0 Å². The van der Waals surface area contributed by atoms with E-state index in [4.69, 9.17) is 6.58 Å². The smallest absolute Gasteiger partial charge is 0 e. The maximum Gasteiger partial charge on any atom is 0 e. The normalized spacial score (nSPS) is 11.5. The van der Waals surface area contributed by atoms with Gasteiger partial charge in [0, 0.05) is 32.7 Å². The Balaban J connectivity index is 0.00000144. The molecule has 0 fully saturated rings. The summed E-state index contributed by atoms with van der Waals surface area (Å²) >= 11 is 0. The predicted octanol–water partition coefficient (Wildman–Crippen LogP) is 6.06. The van der Waals surface area contributed by atoms with E-state index in [2.05, 4.69) is 67.6 Å². The summed E-state index contributed by atoms with van der Waals surface area (Å²) in [7, 11) is 0. The van der Waals surface area contributed by atoms with E-state index in [1.165, 1.54) is 37.9 Å². The Morgan fingerprint density at radius 2 is 1.14 bits per heavy atom. The van der Waals surface area contributed by atoms with E-state index in [9.17, 15) is 0 Å². The Hall–Kier alpha value is -1.50. The Morgan fingerprint density at radius 3 is 1.50 bits per heavy atom.